The SMILES string of the molecule is CS(=O)(=O)c1ccccc1-c1cccc(F)c1.Cl. The largest absolute Gasteiger partial charge is 0.224 e. The molecule has 2 nitrogen and oxygen atoms in total. The molecule has 0 atom stereocenters. The lowest BCUT2D eigenvalue weighted by Crippen LogP contribution is -1.99. The molecule has 0 fully saturated rings. The van der Waals surface area contributed by atoms with E-state index in [0.717, 1.165) is 6.26 Å². The Balaban J connectivity index is 0.00000162. The number of benzene rings is 2. The van der Waals surface area contributed by atoms with Crippen molar-refractivity contribution in [2.45, 2.75) is 4.90 Å². The molecule has 0 aliphatic carbocycles. The van der Waals surface area contributed by atoms with Crippen LogP contribution in [0.4, 0.5) is 4.39 Å². The summed E-state index contributed by atoms with van der Waals surface area (Å²) in [6.45, 7) is 0. The van der Waals surface area contributed by atoms with Crippen molar-refractivity contribution < 1.29 is 12.8 Å². The van der Waals surface area contributed by atoms with Gasteiger partial charge in [-0.2, -0.15) is 0 Å². The molecule has 0 saturated heterocycles. The predicted octanol–water partition coefficient (Wildman–Crippen LogP) is 3.32. The Kier molecular flexibility index (Phi) is 4.48. The maximum Gasteiger partial charge on any atom is 0.176 e. The zero-order valence-electron chi connectivity index (χ0n) is 9.63. The second-order valence-electron chi connectivity index (χ2n) is 3.78. The van der Waals surface area contributed by atoms with Crippen molar-refractivity contribution in [2.24, 2.45) is 0 Å². The van der Waals surface area contributed by atoms with Crippen LogP contribution in [0.1, 0.15) is 0 Å². The molecule has 0 heterocycles. The first-order valence-electron chi connectivity index (χ1n) is 5.03. The summed E-state index contributed by atoms with van der Waals surface area (Å²) in [6.07, 6.45) is 1.14. The average Bonchev–Trinajstić information content (AvgIpc) is 2.28. The zero-order valence-corrected chi connectivity index (χ0v) is 11.3. The van der Waals surface area contributed by atoms with Gasteiger partial charge in [-0.1, -0.05) is 30.3 Å². The smallest absolute Gasteiger partial charge is 0.176 e. The fraction of sp³-hybridized carbons (Fsp3) is 0.0769. The lowest BCUT2D eigenvalue weighted by molar-refractivity contribution is 0.602. The maximum absolute atomic E-state index is 13.1. The normalized spacial score (nSPS) is 10.8. The molecule has 0 amide bonds. The Morgan fingerprint density at radius 2 is 1.67 bits per heavy atom. The van der Waals surface area contributed by atoms with Crippen LogP contribution < -0.4 is 0 Å². The van der Waals surface area contributed by atoms with Gasteiger partial charge in [-0.3, -0.25) is 0 Å². The molecule has 2 aromatic carbocycles. The van der Waals surface area contributed by atoms with Gasteiger partial charge >= 0.3 is 0 Å². The average molecular weight is 287 g/mol. The highest BCUT2D eigenvalue weighted by molar-refractivity contribution is 7.90. The molecule has 5 heteroatoms. The van der Waals surface area contributed by atoms with Crippen molar-refractivity contribution in [1.29, 1.82) is 0 Å². The summed E-state index contributed by atoms with van der Waals surface area (Å²) < 4.78 is 36.4. The van der Waals surface area contributed by atoms with E-state index >= 15 is 0 Å². The summed E-state index contributed by atoms with van der Waals surface area (Å²) in [4.78, 5) is 0.214. The van der Waals surface area contributed by atoms with Gasteiger partial charge in [0.15, 0.2) is 9.84 Å². The predicted molar refractivity (Wildman–Crippen MR) is 72.2 cm³/mol. The molecule has 18 heavy (non-hydrogen) atoms. The van der Waals surface area contributed by atoms with Crippen molar-refractivity contribution in [3.8, 4) is 11.1 Å². The molecule has 0 spiro atoms. The second-order valence-corrected chi connectivity index (χ2v) is 5.76. The quantitative estimate of drug-likeness (QED) is 0.849. The summed E-state index contributed by atoms with van der Waals surface area (Å²) in [5.41, 5.74) is 1.08. The van der Waals surface area contributed by atoms with Crippen LogP contribution in [0.3, 0.4) is 0 Å². The molecule has 0 aromatic heterocycles. The van der Waals surface area contributed by atoms with E-state index in [2.05, 4.69) is 0 Å². The lowest BCUT2D eigenvalue weighted by Gasteiger charge is -2.07. The van der Waals surface area contributed by atoms with Gasteiger partial charge in [0.25, 0.3) is 0 Å². The van der Waals surface area contributed by atoms with Gasteiger partial charge in [0.1, 0.15) is 5.82 Å². The minimum atomic E-state index is -3.32. The van der Waals surface area contributed by atoms with Crippen LogP contribution in [0.15, 0.2) is 53.4 Å². The topological polar surface area (TPSA) is 34.1 Å². The number of hydrogen-bond acceptors (Lipinski definition) is 2. The molecule has 0 unspecified atom stereocenters. The molecule has 0 aliphatic rings. The first kappa shape index (κ1) is 14.7. The van der Waals surface area contributed by atoms with E-state index in [1.54, 1.807) is 30.3 Å². The summed E-state index contributed by atoms with van der Waals surface area (Å²) in [7, 11) is -3.32. The van der Waals surface area contributed by atoms with Crippen LogP contribution in [-0.4, -0.2) is 14.7 Å². The van der Waals surface area contributed by atoms with Gasteiger partial charge in [-0.05, 0) is 23.8 Å². The first-order valence-corrected chi connectivity index (χ1v) is 6.92. The third kappa shape index (κ3) is 3.09. The van der Waals surface area contributed by atoms with Crippen LogP contribution in [0.2, 0.25) is 0 Å². The number of halogens is 2. The minimum Gasteiger partial charge on any atom is -0.224 e. The fourth-order valence-corrected chi connectivity index (χ4v) is 2.60. The van der Waals surface area contributed by atoms with Gasteiger partial charge in [0.2, 0.25) is 0 Å². The molecule has 0 bridgehead atoms. The minimum absolute atomic E-state index is 0. The molecule has 2 aromatic rings. The monoisotopic (exact) mass is 286 g/mol. The third-order valence-corrected chi connectivity index (χ3v) is 3.58. The van der Waals surface area contributed by atoms with Gasteiger partial charge in [-0.25, -0.2) is 12.8 Å². The second kappa shape index (κ2) is 5.50. The van der Waals surface area contributed by atoms with Crippen molar-refractivity contribution in [3.05, 3.63) is 54.3 Å². The van der Waals surface area contributed by atoms with E-state index in [-0.39, 0.29) is 23.1 Å². The van der Waals surface area contributed by atoms with Crippen molar-refractivity contribution in [1.82, 2.24) is 0 Å². The molecule has 0 saturated carbocycles. The number of sulfone groups is 1. The Labute approximate surface area is 112 Å². The van der Waals surface area contributed by atoms with Crippen LogP contribution >= 0.6 is 12.4 Å². The molecule has 0 radical (unpaired) electrons. The fourth-order valence-electron chi connectivity index (χ4n) is 1.68. The van der Waals surface area contributed by atoms with E-state index in [9.17, 15) is 12.8 Å². The van der Waals surface area contributed by atoms with Crippen molar-refractivity contribution >= 4 is 22.2 Å². The van der Waals surface area contributed by atoms with E-state index in [0.29, 0.717) is 11.1 Å². The van der Waals surface area contributed by atoms with Gasteiger partial charge in [0, 0.05) is 11.8 Å². The highest BCUT2D eigenvalue weighted by atomic mass is 35.5. The lowest BCUT2D eigenvalue weighted by atomic mass is 10.1. The Morgan fingerprint density at radius 3 is 2.28 bits per heavy atom. The highest BCUT2D eigenvalue weighted by Crippen LogP contribution is 2.27. The van der Waals surface area contributed by atoms with Gasteiger partial charge < -0.3 is 0 Å². The van der Waals surface area contributed by atoms with E-state index in [4.69, 9.17) is 0 Å². The molecule has 0 aliphatic heterocycles. The summed E-state index contributed by atoms with van der Waals surface area (Å²) >= 11 is 0. The van der Waals surface area contributed by atoms with Gasteiger partial charge in [0.05, 0.1) is 4.90 Å². The Bertz CT molecular complexity index is 654. The van der Waals surface area contributed by atoms with Crippen LogP contribution in [-0.2, 0) is 9.84 Å². The molecule has 96 valence electrons. The van der Waals surface area contributed by atoms with Crippen LogP contribution in [0.25, 0.3) is 11.1 Å². The Morgan fingerprint density at radius 1 is 1.00 bits per heavy atom. The van der Waals surface area contributed by atoms with Crippen molar-refractivity contribution in [3.63, 3.8) is 0 Å². The third-order valence-electron chi connectivity index (χ3n) is 2.42. The van der Waals surface area contributed by atoms with Crippen LogP contribution in [0.5, 0.6) is 0 Å². The summed E-state index contributed by atoms with van der Waals surface area (Å²) in [5, 5.41) is 0. The first-order chi connectivity index (χ1) is 7.98. The van der Waals surface area contributed by atoms with E-state index in [1.165, 1.54) is 18.2 Å². The summed E-state index contributed by atoms with van der Waals surface area (Å²) in [5.74, 6) is -0.384. The zero-order chi connectivity index (χ0) is 12.5. The standard InChI is InChI=1S/C13H11FO2S.ClH/c1-17(15,16)13-8-3-2-7-12(13)10-5-4-6-11(14)9-10;/h2-9H,1H3;1H. The van der Waals surface area contributed by atoms with E-state index in [1.807, 2.05) is 0 Å². The highest BCUT2D eigenvalue weighted by Gasteiger charge is 2.13. The number of hydrogen-bond donors (Lipinski definition) is 0. The molecule has 0 N–H and O–H groups in total. The van der Waals surface area contributed by atoms with Gasteiger partial charge in [-0.15, -0.1) is 12.4 Å². The molecular formula is C13H12ClFO2S. The van der Waals surface area contributed by atoms with Crippen LogP contribution in [0, 0.1) is 5.82 Å². The Hall–Kier alpha value is -1.39. The van der Waals surface area contributed by atoms with Crippen molar-refractivity contribution in [2.75, 3.05) is 6.26 Å². The molecular weight excluding hydrogens is 275 g/mol. The number of rotatable bonds is 2. The van der Waals surface area contributed by atoms with E-state index < -0.39 is 9.84 Å². The summed E-state index contributed by atoms with van der Waals surface area (Å²) in [6, 6.07) is 12.5. The molecule has 2 rings (SSSR count). The maximum atomic E-state index is 13.1.